The minimum Gasteiger partial charge on any atom is -0.469 e. The smallest absolute Gasteiger partial charge is 0.255 e. The number of carbonyl (C=O) groups is 1. The fourth-order valence-electron chi connectivity index (χ4n) is 3.65. The highest BCUT2D eigenvalue weighted by atomic mass is 16.3. The summed E-state index contributed by atoms with van der Waals surface area (Å²) in [6.07, 6.45) is 3.38. The Bertz CT molecular complexity index is 939. The number of aryl methyl sites for hydroxylation is 2. The average Bonchev–Trinajstić information content (AvgIpc) is 3.08. The standard InChI is InChI=1S/C21H23N3O2/c1-14-13-16-5-3-4-6-19(16)23-20(14)24-10-7-17(8-11-24)22-21(25)18-9-12-26-15(18)2/h3-6,9,12-13,17H,7-8,10-11H2,1-2H3,(H,22,25). The van der Waals surface area contributed by atoms with Gasteiger partial charge in [-0.25, -0.2) is 4.98 Å². The molecular weight excluding hydrogens is 326 g/mol. The van der Waals surface area contributed by atoms with E-state index in [4.69, 9.17) is 9.40 Å². The Morgan fingerprint density at radius 2 is 1.96 bits per heavy atom. The number of amides is 1. The molecule has 1 aliphatic rings. The van der Waals surface area contributed by atoms with Crippen molar-refractivity contribution in [2.45, 2.75) is 32.7 Å². The lowest BCUT2D eigenvalue weighted by molar-refractivity contribution is 0.0929. The van der Waals surface area contributed by atoms with Gasteiger partial charge in [0.25, 0.3) is 5.91 Å². The molecule has 1 amide bonds. The van der Waals surface area contributed by atoms with Crippen LogP contribution in [0.25, 0.3) is 10.9 Å². The fourth-order valence-corrected chi connectivity index (χ4v) is 3.65. The molecule has 1 aliphatic heterocycles. The molecule has 2 aromatic heterocycles. The molecule has 1 aromatic carbocycles. The summed E-state index contributed by atoms with van der Waals surface area (Å²) in [7, 11) is 0. The Hall–Kier alpha value is -2.82. The normalized spacial score (nSPS) is 15.4. The molecule has 26 heavy (non-hydrogen) atoms. The van der Waals surface area contributed by atoms with Gasteiger partial charge in [-0.2, -0.15) is 0 Å². The highest BCUT2D eigenvalue weighted by Crippen LogP contribution is 2.25. The number of furan rings is 1. The number of aromatic nitrogens is 1. The van der Waals surface area contributed by atoms with Gasteiger partial charge < -0.3 is 14.6 Å². The molecule has 134 valence electrons. The second-order valence-corrected chi connectivity index (χ2v) is 6.95. The summed E-state index contributed by atoms with van der Waals surface area (Å²) in [5.74, 6) is 1.67. The van der Waals surface area contributed by atoms with Crippen molar-refractivity contribution in [1.82, 2.24) is 10.3 Å². The molecule has 3 heterocycles. The number of pyridine rings is 1. The van der Waals surface area contributed by atoms with Gasteiger partial charge in [0.2, 0.25) is 0 Å². The van der Waals surface area contributed by atoms with Gasteiger partial charge in [-0.15, -0.1) is 0 Å². The SMILES string of the molecule is Cc1cc2ccccc2nc1N1CCC(NC(=O)c2ccoc2C)CC1. The summed E-state index contributed by atoms with van der Waals surface area (Å²) >= 11 is 0. The minimum atomic E-state index is -0.0466. The zero-order chi connectivity index (χ0) is 18.1. The summed E-state index contributed by atoms with van der Waals surface area (Å²) in [5, 5.41) is 4.30. The molecule has 1 N–H and O–H groups in total. The number of piperidine rings is 1. The van der Waals surface area contributed by atoms with Gasteiger partial charge in [-0.1, -0.05) is 18.2 Å². The number of carbonyl (C=O) groups excluding carboxylic acids is 1. The Labute approximate surface area is 153 Å². The molecule has 5 heteroatoms. The summed E-state index contributed by atoms with van der Waals surface area (Å²) in [5.41, 5.74) is 2.85. The number of nitrogens with one attached hydrogen (secondary N) is 1. The van der Waals surface area contributed by atoms with E-state index in [1.807, 2.05) is 19.1 Å². The number of hydrogen-bond donors (Lipinski definition) is 1. The van der Waals surface area contributed by atoms with Crippen molar-refractivity contribution in [3.8, 4) is 0 Å². The maximum absolute atomic E-state index is 12.3. The Balaban J connectivity index is 1.43. The predicted octanol–water partition coefficient (Wildman–Crippen LogP) is 3.84. The Morgan fingerprint density at radius 1 is 1.19 bits per heavy atom. The van der Waals surface area contributed by atoms with E-state index in [0.717, 1.165) is 37.3 Å². The van der Waals surface area contributed by atoms with E-state index in [9.17, 15) is 4.79 Å². The van der Waals surface area contributed by atoms with Gasteiger partial charge in [0.15, 0.2) is 0 Å². The molecule has 0 bridgehead atoms. The molecular formula is C21H23N3O2. The predicted molar refractivity (Wildman–Crippen MR) is 103 cm³/mol. The molecule has 0 spiro atoms. The first-order chi connectivity index (χ1) is 12.6. The summed E-state index contributed by atoms with van der Waals surface area (Å²) in [6.45, 7) is 5.71. The fraction of sp³-hybridized carbons (Fsp3) is 0.333. The van der Waals surface area contributed by atoms with Crippen LogP contribution in [0.3, 0.4) is 0 Å². The molecule has 3 aromatic rings. The largest absolute Gasteiger partial charge is 0.469 e. The van der Waals surface area contributed by atoms with Crippen molar-refractivity contribution in [3.05, 3.63) is 59.5 Å². The van der Waals surface area contributed by atoms with Crippen LogP contribution in [-0.2, 0) is 0 Å². The molecule has 0 radical (unpaired) electrons. The van der Waals surface area contributed by atoms with Crippen LogP contribution in [-0.4, -0.2) is 30.0 Å². The average molecular weight is 349 g/mol. The first kappa shape index (κ1) is 16.6. The highest BCUT2D eigenvalue weighted by Gasteiger charge is 2.24. The Kier molecular flexibility index (Phi) is 4.37. The van der Waals surface area contributed by atoms with Crippen molar-refractivity contribution in [2.24, 2.45) is 0 Å². The van der Waals surface area contributed by atoms with Crippen molar-refractivity contribution in [2.75, 3.05) is 18.0 Å². The second-order valence-electron chi connectivity index (χ2n) is 6.95. The zero-order valence-electron chi connectivity index (χ0n) is 15.2. The van der Waals surface area contributed by atoms with Crippen molar-refractivity contribution in [1.29, 1.82) is 0 Å². The van der Waals surface area contributed by atoms with Gasteiger partial charge in [0.1, 0.15) is 11.6 Å². The molecule has 4 rings (SSSR count). The number of rotatable bonds is 3. The number of nitrogens with zero attached hydrogens (tertiary/aromatic N) is 2. The minimum absolute atomic E-state index is 0.0466. The van der Waals surface area contributed by atoms with Gasteiger partial charge in [-0.3, -0.25) is 4.79 Å². The summed E-state index contributed by atoms with van der Waals surface area (Å²) in [4.78, 5) is 19.5. The molecule has 1 saturated heterocycles. The number of fused-ring (bicyclic) bond motifs is 1. The van der Waals surface area contributed by atoms with Crippen LogP contribution >= 0.6 is 0 Å². The first-order valence-corrected chi connectivity index (χ1v) is 9.08. The molecule has 0 aliphatic carbocycles. The van der Waals surface area contributed by atoms with Crippen LogP contribution in [0.2, 0.25) is 0 Å². The number of hydrogen-bond acceptors (Lipinski definition) is 4. The van der Waals surface area contributed by atoms with Gasteiger partial charge in [-0.05, 0) is 50.5 Å². The van der Waals surface area contributed by atoms with E-state index >= 15 is 0 Å². The van der Waals surface area contributed by atoms with Crippen LogP contribution in [0.5, 0.6) is 0 Å². The topological polar surface area (TPSA) is 58.4 Å². The lowest BCUT2D eigenvalue weighted by Gasteiger charge is -2.34. The molecule has 1 fully saturated rings. The van der Waals surface area contributed by atoms with E-state index in [0.29, 0.717) is 11.3 Å². The first-order valence-electron chi connectivity index (χ1n) is 9.08. The molecule has 0 saturated carbocycles. The molecule has 0 unspecified atom stereocenters. The van der Waals surface area contributed by atoms with Crippen LogP contribution in [0.4, 0.5) is 5.82 Å². The van der Waals surface area contributed by atoms with E-state index in [1.54, 1.807) is 12.3 Å². The van der Waals surface area contributed by atoms with Crippen molar-refractivity contribution < 1.29 is 9.21 Å². The van der Waals surface area contributed by atoms with E-state index in [-0.39, 0.29) is 11.9 Å². The van der Waals surface area contributed by atoms with Crippen LogP contribution in [0, 0.1) is 13.8 Å². The maximum Gasteiger partial charge on any atom is 0.255 e. The number of anilines is 1. The van der Waals surface area contributed by atoms with Gasteiger partial charge in [0.05, 0.1) is 17.3 Å². The zero-order valence-corrected chi connectivity index (χ0v) is 15.2. The molecule has 5 nitrogen and oxygen atoms in total. The quantitative estimate of drug-likeness (QED) is 0.780. The lowest BCUT2D eigenvalue weighted by Crippen LogP contribution is -2.45. The van der Waals surface area contributed by atoms with E-state index < -0.39 is 0 Å². The van der Waals surface area contributed by atoms with Gasteiger partial charge >= 0.3 is 0 Å². The molecule has 0 atom stereocenters. The third kappa shape index (κ3) is 3.17. The lowest BCUT2D eigenvalue weighted by atomic mass is 10.0. The van der Waals surface area contributed by atoms with Crippen LogP contribution in [0.1, 0.15) is 34.5 Å². The van der Waals surface area contributed by atoms with Gasteiger partial charge in [0, 0.05) is 24.5 Å². The third-order valence-electron chi connectivity index (χ3n) is 5.12. The summed E-state index contributed by atoms with van der Waals surface area (Å²) in [6, 6.07) is 12.3. The monoisotopic (exact) mass is 349 g/mol. The van der Waals surface area contributed by atoms with E-state index in [2.05, 4.69) is 35.3 Å². The second kappa shape index (κ2) is 6.83. The highest BCUT2D eigenvalue weighted by molar-refractivity contribution is 5.95. The van der Waals surface area contributed by atoms with Crippen LogP contribution < -0.4 is 10.2 Å². The van der Waals surface area contributed by atoms with Crippen LogP contribution in [0.15, 0.2) is 47.1 Å². The number of para-hydroxylation sites is 1. The van der Waals surface area contributed by atoms with E-state index in [1.165, 1.54) is 10.9 Å². The van der Waals surface area contributed by atoms with Crippen molar-refractivity contribution >= 4 is 22.6 Å². The number of benzene rings is 1. The maximum atomic E-state index is 12.3. The third-order valence-corrected chi connectivity index (χ3v) is 5.12. The van der Waals surface area contributed by atoms with Crippen molar-refractivity contribution in [3.63, 3.8) is 0 Å². The Morgan fingerprint density at radius 3 is 2.69 bits per heavy atom. The summed E-state index contributed by atoms with van der Waals surface area (Å²) < 4.78 is 5.22.